The van der Waals surface area contributed by atoms with E-state index < -0.39 is 0 Å². The molecule has 4 nitrogen and oxygen atoms in total. The third-order valence-electron chi connectivity index (χ3n) is 2.62. The van der Waals surface area contributed by atoms with Crippen LogP contribution in [-0.4, -0.2) is 41.9 Å². The molecule has 2 rings (SSSR count). The van der Waals surface area contributed by atoms with Gasteiger partial charge in [-0.05, 0) is 50.1 Å². The van der Waals surface area contributed by atoms with Crippen molar-refractivity contribution >= 4 is 51.1 Å². The first-order chi connectivity index (χ1) is 11.2. The summed E-state index contributed by atoms with van der Waals surface area (Å²) < 4.78 is 4.05. The van der Waals surface area contributed by atoms with Gasteiger partial charge in [-0.1, -0.05) is 30.0 Å². The zero-order valence-electron chi connectivity index (χ0n) is 12.9. The van der Waals surface area contributed by atoms with Gasteiger partial charge in [-0.3, -0.25) is 0 Å². The molecule has 0 unspecified atom stereocenters. The van der Waals surface area contributed by atoms with Crippen LogP contribution in [0.1, 0.15) is 0 Å². The van der Waals surface area contributed by atoms with Gasteiger partial charge >= 0.3 is 0 Å². The number of hydrogen-bond acceptors (Lipinski definition) is 5. The van der Waals surface area contributed by atoms with E-state index in [0.717, 1.165) is 16.5 Å². The molecule has 0 saturated heterocycles. The lowest BCUT2D eigenvalue weighted by molar-refractivity contribution is 0.474. The molecule has 0 fully saturated rings. The van der Waals surface area contributed by atoms with E-state index in [1.165, 1.54) is 16.7 Å². The third kappa shape index (κ3) is 6.47. The summed E-state index contributed by atoms with van der Waals surface area (Å²) in [4.78, 5) is 13.1. The van der Waals surface area contributed by atoms with Crippen molar-refractivity contribution in [3.63, 3.8) is 0 Å². The highest BCUT2D eigenvalue weighted by atomic mass is 79.9. The van der Waals surface area contributed by atoms with Crippen LogP contribution in [0, 0.1) is 0 Å². The van der Waals surface area contributed by atoms with Crippen LogP contribution in [0.3, 0.4) is 0 Å². The van der Waals surface area contributed by atoms with Crippen molar-refractivity contribution < 1.29 is 0 Å². The second-order valence-electron chi connectivity index (χ2n) is 4.76. The summed E-state index contributed by atoms with van der Waals surface area (Å²) in [5, 5.41) is 1.52. The molecule has 0 spiro atoms. The maximum Gasteiger partial charge on any atom is 0.200 e. The van der Waals surface area contributed by atoms with Crippen LogP contribution in [0.2, 0.25) is 0 Å². The van der Waals surface area contributed by atoms with Gasteiger partial charge in [-0.2, -0.15) is 4.02 Å². The molecule has 0 atom stereocenters. The Labute approximate surface area is 153 Å². The van der Waals surface area contributed by atoms with Crippen molar-refractivity contribution in [3.05, 3.63) is 48.7 Å². The van der Waals surface area contributed by atoms with Gasteiger partial charge in [0, 0.05) is 28.7 Å². The van der Waals surface area contributed by atoms with Crippen LogP contribution in [0.25, 0.3) is 0 Å². The van der Waals surface area contributed by atoms with Gasteiger partial charge in [-0.25, -0.2) is 9.98 Å². The van der Waals surface area contributed by atoms with Crippen molar-refractivity contribution in [1.82, 2.24) is 9.88 Å². The van der Waals surface area contributed by atoms with Gasteiger partial charge in [0.1, 0.15) is 5.03 Å². The lowest BCUT2D eigenvalue weighted by Gasteiger charge is -2.07. The quantitative estimate of drug-likeness (QED) is 0.410. The Balaban J connectivity index is 2.12. The first-order valence-electron chi connectivity index (χ1n) is 6.91. The van der Waals surface area contributed by atoms with E-state index in [9.17, 15) is 0 Å². The fourth-order valence-corrected chi connectivity index (χ4v) is 3.59. The highest BCUT2D eigenvalue weighted by Crippen LogP contribution is 2.34. The van der Waals surface area contributed by atoms with Crippen LogP contribution >= 0.6 is 39.7 Å². The monoisotopic (exact) mass is 408 g/mol. The zero-order valence-corrected chi connectivity index (χ0v) is 16.1. The van der Waals surface area contributed by atoms with Crippen LogP contribution in [0.15, 0.2) is 72.5 Å². The van der Waals surface area contributed by atoms with Gasteiger partial charge in [0.05, 0.1) is 16.1 Å². The maximum absolute atomic E-state index is 4.46. The lowest BCUT2D eigenvalue weighted by atomic mass is 10.4. The van der Waals surface area contributed by atoms with Crippen LogP contribution < -0.4 is 0 Å². The highest BCUT2D eigenvalue weighted by Gasteiger charge is 2.09. The van der Waals surface area contributed by atoms with E-state index in [1.54, 1.807) is 18.0 Å². The summed E-state index contributed by atoms with van der Waals surface area (Å²) in [7, 11) is 3.99. The average molecular weight is 409 g/mol. The molecule has 0 N–H and O–H groups in total. The first kappa shape index (κ1) is 18.2. The number of aromatic nitrogens is 1. The van der Waals surface area contributed by atoms with Crippen molar-refractivity contribution in [2.75, 3.05) is 20.6 Å². The van der Waals surface area contributed by atoms with E-state index in [-0.39, 0.29) is 0 Å². The summed E-state index contributed by atoms with van der Waals surface area (Å²) in [5.41, 5.74) is 0. The molecule has 0 aliphatic heterocycles. The largest absolute Gasteiger partial charge is 0.304 e. The number of benzene rings is 1. The number of rotatable bonds is 5. The first-order valence-corrected chi connectivity index (χ1v) is 9.25. The molecule has 0 saturated carbocycles. The second-order valence-corrected chi connectivity index (χ2v) is 7.19. The Kier molecular flexibility index (Phi) is 7.81. The average Bonchev–Trinajstić information content (AvgIpc) is 2.56. The maximum atomic E-state index is 4.46. The Hall–Kier alpha value is -1.15. The topological polar surface area (TPSA) is 40.9 Å². The minimum absolute atomic E-state index is 0.625. The zero-order chi connectivity index (χ0) is 16.5. The van der Waals surface area contributed by atoms with Crippen LogP contribution in [0.4, 0.5) is 0 Å². The minimum Gasteiger partial charge on any atom is -0.304 e. The Morgan fingerprint density at radius 1 is 1.22 bits per heavy atom. The molecule has 1 aromatic heterocycles. The standard InChI is InChI=1S/C16H17BrN4S2/c1-21(2)12-11-19-16(20-17)23-15-14(9-6-10-18-15)22-13-7-4-3-5-8-13/h3-11H,12H2,1-2H3. The van der Waals surface area contributed by atoms with Gasteiger partial charge in [-0.15, -0.1) is 0 Å². The molecule has 23 heavy (non-hydrogen) atoms. The number of amidine groups is 1. The van der Waals surface area contributed by atoms with Gasteiger partial charge < -0.3 is 4.90 Å². The van der Waals surface area contributed by atoms with Crippen molar-refractivity contribution in [2.45, 2.75) is 14.8 Å². The number of pyridine rings is 1. The van der Waals surface area contributed by atoms with Crippen molar-refractivity contribution in [2.24, 2.45) is 9.01 Å². The lowest BCUT2D eigenvalue weighted by Crippen LogP contribution is -2.14. The predicted octanol–water partition coefficient (Wildman–Crippen LogP) is 4.62. The molecule has 0 radical (unpaired) electrons. The smallest absolute Gasteiger partial charge is 0.200 e. The van der Waals surface area contributed by atoms with E-state index in [2.05, 4.69) is 48.3 Å². The third-order valence-corrected chi connectivity index (χ3v) is 5.27. The number of nitrogens with zero attached hydrogens (tertiary/aromatic N) is 4. The molecule has 0 amide bonds. The number of hydrogen-bond donors (Lipinski definition) is 0. The SMILES string of the molecule is CN(C)CC=NC(=NBr)Sc1ncccc1Sc1ccccc1. The van der Waals surface area contributed by atoms with E-state index in [4.69, 9.17) is 0 Å². The molecule has 0 aliphatic rings. The molecule has 1 aromatic carbocycles. The van der Waals surface area contributed by atoms with Crippen LogP contribution in [-0.2, 0) is 0 Å². The number of aliphatic imine (C=N–C) groups is 1. The molecule has 1 heterocycles. The summed E-state index contributed by atoms with van der Waals surface area (Å²) >= 11 is 6.26. The molecule has 120 valence electrons. The van der Waals surface area contributed by atoms with E-state index in [1.807, 2.05) is 49.5 Å². The second kappa shape index (κ2) is 9.87. The van der Waals surface area contributed by atoms with E-state index >= 15 is 0 Å². The molecule has 7 heteroatoms. The summed E-state index contributed by atoms with van der Waals surface area (Å²) in [6, 6.07) is 14.2. The fourth-order valence-electron chi connectivity index (χ4n) is 1.58. The Bertz CT molecular complexity index is 675. The molecule has 2 aromatic rings. The summed E-state index contributed by atoms with van der Waals surface area (Å²) in [6.45, 7) is 0.764. The predicted molar refractivity (Wildman–Crippen MR) is 104 cm³/mol. The Morgan fingerprint density at radius 2 is 2.00 bits per heavy atom. The normalized spacial score (nSPS) is 12.3. The highest BCUT2D eigenvalue weighted by molar-refractivity contribution is 9.08. The van der Waals surface area contributed by atoms with Crippen molar-refractivity contribution in [1.29, 1.82) is 0 Å². The van der Waals surface area contributed by atoms with E-state index in [0.29, 0.717) is 5.17 Å². The van der Waals surface area contributed by atoms with Gasteiger partial charge in [0.25, 0.3) is 0 Å². The summed E-state index contributed by atoms with van der Waals surface area (Å²) in [5.74, 6) is 0. The van der Waals surface area contributed by atoms with Crippen LogP contribution in [0.5, 0.6) is 0 Å². The number of thioether (sulfide) groups is 1. The molecular formula is C16H17BrN4S2. The molecule has 0 bridgehead atoms. The van der Waals surface area contributed by atoms with Gasteiger partial charge in [0.2, 0.25) is 5.17 Å². The summed E-state index contributed by atoms with van der Waals surface area (Å²) in [6.07, 6.45) is 3.62. The Morgan fingerprint density at radius 3 is 2.70 bits per heavy atom. The van der Waals surface area contributed by atoms with Gasteiger partial charge in [0.15, 0.2) is 0 Å². The minimum atomic E-state index is 0.625. The fraction of sp³-hybridized carbons (Fsp3) is 0.188. The van der Waals surface area contributed by atoms with Crippen molar-refractivity contribution in [3.8, 4) is 0 Å². The number of halogens is 1. The molecule has 0 aliphatic carbocycles. The molecular weight excluding hydrogens is 392 g/mol.